The highest BCUT2D eigenvalue weighted by Gasteiger charge is 2.24. The number of carbonyl (C=O) groups excluding carboxylic acids is 1. The summed E-state index contributed by atoms with van der Waals surface area (Å²) in [6, 6.07) is 0.683. The molecule has 1 aliphatic carbocycles. The van der Waals surface area contributed by atoms with Crippen molar-refractivity contribution in [2.75, 3.05) is 19.6 Å². The van der Waals surface area contributed by atoms with Gasteiger partial charge in [-0.15, -0.1) is 0 Å². The van der Waals surface area contributed by atoms with Crippen LogP contribution < -0.4 is 10.6 Å². The average molecular weight is 269 g/mol. The molecule has 5 heteroatoms. The Morgan fingerprint density at radius 1 is 1.26 bits per heavy atom. The summed E-state index contributed by atoms with van der Waals surface area (Å²) in [6.07, 6.45) is 5.64. The second-order valence-electron chi connectivity index (χ2n) is 5.78. The van der Waals surface area contributed by atoms with Gasteiger partial charge in [0, 0.05) is 18.6 Å². The van der Waals surface area contributed by atoms with Gasteiger partial charge in [-0.2, -0.15) is 0 Å². The molecule has 0 radical (unpaired) electrons. The molecule has 1 aliphatic heterocycles. The molecule has 2 fully saturated rings. The Balaban J connectivity index is 1.64. The molecule has 0 aromatic rings. The number of carbonyl (C=O) groups is 1. The number of rotatable bonds is 4. The first-order chi connectivity index (χ1) is 9.19. The molecular weight excluding hydrogens is 242 g/mol. The van der Waals surface area contributed by atoms with E-state index in [4.69, 9.17) is 0 Å². The lowest BCUT2D eigenvalue weighted by molar-refractivity contribution is 0.117. The van der Waals surface area contributed by atoms with Crippen LogP contribution in [0.2, 0.25) is 0 Å². The summed E-state index contributed by atoms with van der Waals surface area (Å²) < 4.78 is 0. The van der Waals surface area contributed by atoms with Crippen molar-refractivity contribution in [2.45, 2.75) is 63.6 Å². The van der Waals surface area contributed by atoms with Crippen LogP contribution in [0.3, 0.4) is 0 Å². The number of nitrogens with zero attached hydrogens (tertiary/aromatic N) is 1. The van der Waals surface area contributed by atoms with Gasteiger partial charge in [-0.1, -0.05) is 6.92 Å². The molecule has 3 N–H and O–H groups in total. The van der Waals surface area contributed by atoms with Crippen LogP contribution in [0.1, 0.15) is 45.4 Å². The Hall–Kier alpha value is -0.810. The van der Waals surface area contributed by atoms with Crippen LogP contribution in [0.25, 0.3) is 0 Å². The molecule has 1 saturated heterocycles. The van der Waals surface area contributed by atoms with Gasteiger partial charge in [0.2, 0.25) is 0 Å². The predicted octanol–water partition coefficient (Wildman–Crippen LogP) is 1.07. The van der Waals surface area contributed by atoms with Gasteiger partial charge in [-0.05, 0) is 51.6 Å². The van der Waals surface area contributed by atoms with Crippen LogP contribution in [0.15, 0.2) is 0 Å². The van der Waals surface area contributed by atoms with E-state index in [-0.39, 0.29) is 18.2 Å². The van der Waals surface area contributed by atoms with Crippen LogP contribution >= 0.6 is 0 Å². The molecule has 5 nitrogen and oxygen atoms in total. The second kappa shape index (κ2) is 7.10. The van der Waals surface area contributed by atoms with E-state index in [1.54, 1.807) is 0 Å². The fraction of sp³-hybridized carbons (Fsp3) is 0.929. The maximum Gasteiger partial charge on any atom is 0.315 e. The van der Waals surface area contributed by atoms with Gasteiger partial charge >= 0.3 is 6.03 Å². The van der Waals surface area contributed by atoms with Gasteiger partial charge in [-0.3, -0.25) is 4.90 Å². The molecule has 2 aliphatic rings. The molecule has 1 unspecified atom stereocenters. The van der Waals surface area contributed by atoms with Gasteiger partial charge in [0.25, 0.3) is 0 Å². The number of aliphatic hydroxyl groups is 1. The van der Waals surface area contributed by atoms with Gasteiger partial charge in [0.05, 0.1) is 6.10 Å². The monoisotopic (exact) mass is 269 g/mol. The van der Waals surface area contributed by atoms with Crippen LogP contribution in [-0.2, 0) is 0 Å². The lowest BCUT2D eigenvalue weighted by atomic mass is 9.93. The summed E-state index contributed by atoms with van der Waals surface area (Å²) in [7, 11) is 0. The number of amides is 2. The van der Waals surface area contributed by atoms with Gasteiger partial charge in [0.1, 0.15) is 0 Å². The molecule has 1 atom stereocenters. The SMILES string of the molecule is CCN1CCCC1CNC(=O)NC1CCC(O)CC1. The van der Waals surface area contributed by atoms with Crippen LogP contribution in [0.4, 0.5) is 4.79 Å². The summed E-state index contributed by atoms with van der Waals surface area (Å²) in [6.45, 7) is 5.14. The third-order valence-electron chi connectivity index (χ3n) is 4.44. The maximum absolute atomic E-state index is 11.8. The predicted molar refractivity (Wildman–Crippen MR) is 75.1 cm³/mol. The summed E-state index contributed by atoms with van der Waals surface area (Å²) >= 11 is 0. The Morgan fingerprint density at radius 3 is 2.68 bits per heavy atom. The van der Waals surface area contributed by atoms with E-state index >= 15 is 0 Å². The summed E-state index contributed by atoms with van der Waals surface area (Å²) in [5.74, 6) is 0. The normalized spacial score (nSPS) is 32.2. The number of likely N-dealkylation sites (N-methyl/N-ethyl adjacent to an activating group) is 1. The first kappa shape index (κ1) is 14.6. The van der Waals surface area contributed by atoms with E-state index in [0.717, 1.165) is 45.3 Å². The smallest absolute Gasteiger partial charge is 0.315 e. The van der Waals surface area contributed by atoms with Crippen molar-refractivity contribution >= 4 is 6.03 Å². The number of hydrogen-bond acceptors (Lipinski definition) is 3. The molecule has 0 aromatic heterocycles. The number of aliphatic hydroxyl groups excluding tert-OH is 1. The van der Waals surface area contributed by atoms with E-state index in [2.05, 4.69) is 22.5 Å². The van der Waals surface area contributed by atoms with E-state index in [1.807, 2.05) is 0 Å². The van der Waals surface area contributed by atoms with E-state index in [0.29, 0.717) is 6.04 Å². The molecule has 1 heterocycles. The molecule has 2 amide bonds. The third-order valence-corrected chi connectivity index (χ3v) is 4.44. The zero-order chi connectivity index (χ0) is 13.7. The van der Waals surface area contributed by atoms with E-state index in [1.165, 1.54) is 12.8 Å². The number of urea groups is 1. The highest BCUT2D eigenvalue weighted by molar-refractivity contribution is 5.74. The number of hydrogen-bond donors (Lipinski definition) is 3. The fourth-order valence-corrected chi connectivity index (χ4v) is 3.21. The molecular formula is C14H27N3O2. The molecule has 2 rings (SSSR count). The zero-order valence-electron chi connectivity index (χ0n) is 11.9. The molecule has 0 spiro atoms. The van der Waals surface area contributed by atoms with Crippen molar-refractivity contribution in [3.8, 4) is 0 Å². The maximum atomic E-state index is 11.8. The zero-order valence-corrected chi connectivity index (χ0v) is 11.9. The Labute approximate surface area is 115 Å². The lowest BCUT2D eigenvalue weighted by Gasteiger charge is -2.27. The summed E-state index contributed by atoms with van der Waals surface area (Å²) in [4.78, 5) is 14.3. The molecule has 0 aromatic carbocycles. The average Bonchev–Trinajstić information content (AvgIpc) is 2.86. The van der Waals surface area contributed by atoms with Crippen molar-refractivity contribution in [1.29, 1.82) is 0 Å². The van der Waals surface area contributed by atoms with Gasteiger partial charge < -0.3 is 15.7 Å². The first-order valence-corrected chi connectivity index (χ1v) is 7.65. The minimum Gasteiger partial charge on any atom is -0.393 e. The highest BCUT2D eigenvalue weighted by Crippen LogP contribution is 2.18. The minimum atomic E-state index is -0.169. The third kappa shape index (κ3) is 4.35. The number of likely N-dealkylation sites (tertiary alicyclic amines) is 1. The standard InChI is InChI=1S/C14H27N3O2/c1-2-17-9-3-4-12(17)10-15-14(19)16-11-5-7-13(18)8-6-11/h11-13,18H,2-10H2,1H3,(H2,15,16,19). The van der Waals surface area contributed by atoms with Crippen LogP contribution in [0.5, 0.6) is 0 Å². The first-order valence-electron chi connectivity index (χ1n) is 7.65. The molecule has 19 heavy (non-hydrogen) atoms. The largest absolute Gasteiger partial charge is 0.393 e. The van der Waals surface area contributed by atoms with Gasteiger partial charge in [-0.25, -0.2) is 4.79 Å². The summed E-state index contributed by atoms with van der Waals surface area (Å²) in [5, 5.41) is 15.4. The quantitative estimate of drug-likeness (QED) is 0.715. The van der Waals surface area contributed by atoms with Crippen molar-refractivity contribution < 1.29 is 9.90 Å². The van der Waals surface area contributed by atoms with Crippen molar-refractivity contribution in [1.82, 2.24) is 15.5 Å². The molecule has 1 saturated carbocycles. The van der Waals surface area contributed by atoms with Crippen molar-refractivity contribution in [2.24, 2.45) is 0 Å². The minimum absolute atomic E-state index is 0.0515. The van der Waals surface area contributed by atoms with E-state index in [9.17, 15) is 9.90 Å². The highest BCUT2D eigenvalue weighted by atomic mass is 16.3. The fourth-order valence-electron chi connectivity index (χ4n) is 3.21. The Morgan fingerprint density at radius 2 is 2.00 bits per heavy atom. The van der Waals surface area contributed by atoms with Crippen LogP contribution in [0, 0.1) is 0 Å². The van der Waals surface area contributed by atoms with Crippen LogP contribution in [-0.4, -0.2) is 53.9 Å². The molecule has 0 bridgehead atoms. The van der Waals surface area contributed by atoms with Crippen molar-refractivity contribution in [3.63, 3.8) is 0 Å². The topological polar surface area (TPSA) is 64.6 Å². The molecule has 110 valence electrons. The summed E-state index contributed by atoms with van der Waals surface area (Å²) in [5.41, 5.74) is 0. The lowest BCUT2D eigenvalue weighted by Crippen LogP contribution is -2.47. The van der Waals surface area contributed by atoms with E-state index < -0.39 is 0 Å². The van der Waals surface area contributed by atoms with Gasteiger partial charge in [0.15, 0.2) is 0 Å². The number of nitrogens with one attached hydrogen (secondary N) is 2. The Bertz CT molecular complexity index is 290. The Kier molecular flexibility index (Phi) is 5.45. The second-order valence-corrected chi connectivity index (χ2v) is 5.78. The van der Waals surface area contributed by atoms with Crippen molar-refractivity contribution in [3.05, 3.63) is 0 Å².